The van der Waals surface area contributed by atoms with Crippen LogP contribution in [0.15, 0.2) is 0 Å². The molecule has 0 aromatic rings. The number of thioether (sulfide) groups is 1. The van der Waals surface area contributed by atoms with Crippen LogP contribution in [0.2, 0.25) is 0 Å². The van der Waals surface area contributed by atoms with Crippen LogP contribution in [0.5, 0.6) is 0 Å². The lowest BCUT2D eigenvalue weighted by Crippen LogP contribution is -2.30. The molecule has 0 unspecified atom stereocenters. The SMILES string of the molecule is C1CCC2(C1)CCS2. The van der Waals surface area contributed by atoms with Crippen molar-refractivity contribution < 1.29 is 0 Å². The molecule has 0 atom stereocenters. The minimum absolute atomic E-state index is 0.833. The fourth-order valence-corrected chi connectivity index (χ4v) is 3.16. The third-order valence-electron chi connectivity index (χ3n) is 2.48. The molecule has 1 saturated heterocycles. The van der Waals surface area contributed by atoms with Crippen LogP contribution in [0.3, 0.4) is 0 Å². The van der Waals surface area contributed by atoms with E-state index in [2.05, 4.69) is 11.8 Å². The summed E-state index contributed by atoms with van der Waals surface area (Å²) in [6, 6.07) is 0. The Morgan fingerprint density at radius 1 is 1.00 bits per heavy atom. The molecule has 0 aromatic carbocycles. The molecule has 2 aliphatic rings. The van der Waals surface area contributed by atoms with Gasteiger partial charge >= 0.3 is 0 Å². The van der Waals surface area contributed by atoms with Crippen LogP contribution in [0.25, 0.3) is 0 Å². The number of hydrogen-bond acceptors (Lipinski definition) is 1. The van der Waals surface area contributed by atoms with Gasteiger partial charge in [0.05, 0.1) is 0 Å². The van der Waals surface area contributed by atoms with Gasteiger partial charge in [-0.2, -0.15) is 11.8 Å². The molecule has 1 aliphatic carbocycles. The van der Waals surface area contributed by atoms with Crippen molar-refractivity contribution in [2.45, 2.75) is 36.9 Å². The van der Waals surface area contributed by atoms with Gasteiger partial charge in [0.1, 0.15) is 0 Å². The molecule has 2 fully saturated rings. The summed E-state index contributed by atoms with van der Waals surface area (Å²) in [6.45, 7) is 0. The molecule has 1 spiro atoms. The van der Waals surface area contributed by atoms with Crippen molar-refractivity contribution in [3.05, 3.63) is 0 Å². The topological polar surface area (TPSA) is 0 Å². The lowest BCUT2D eigenvalue weighted by atomic mass is 10.0. The van der Waals surface area contributed by atoms with Gasteiger partial charge in [0, 0.05) is 4.75 Å². The maximum atomic E-state index is 2.22. The van der Waals surface area contributed by atoms with Crippen LogP contribution in [-0.2, 0) is 0 Å². The number of hydrogen-bond donors (Lipinski definition) is 0. The van der Waals surface area contributed by atoms with Crippen molar-refractivity contribution >= 4 is 11.8 Å². The predicted molar refractivity (Wildman–Crippen MR) is 38.3 cm³/mol. The van der Waals surface area contributed by atoms with Crippen molar-refractivity contribution in [1.29, 1.82) is 0 Å². The molecule has 0 nitrogen and oxygen atoms in total. The van der Waals surface area contributed by atoms with E-state index in [0.717, 1.165) is 4.75 Å². The van der Waals surface area contributed by atoms with Crippen LogP contribution in [-0.4, -0.2) is 10.5 Å². The van der Waals surface area contributed by atoms with Crippen molar-refractivity contribution in [2.75, 3.05) is 5.75 Å². The highest BCUT2D eigenvalue weighted by molar-refractivity contribution is 8.02. The van der Waals surface area contributed by atoms with Crippen molar-refractivity contribution in [2.24, 2.45) is 0 Å². The maximum Gasteiger partial charge on any atom is 0.0168 e. The first-order chi connectivity index (χ1) is 3.91. The van der Waals surface area contributed by atoms with E-state index >= 15 is 0 Å². The van der Waals surface area contributed by atoms with E-state index in [1.807, 2.05) is 0 Å². The van der Waals surface area contributed by atoms with E-state index in [1.165, 1.54) is 37.9 Å². The second kappa shape index (κ2) is 1.66. The Bertz CT molecular complexity index is 86.6. The van der Waals surface area contributed by atoms with Crippen molar-refractivity contribution in [1.82, 2.24) is 0 Å². The Kier molecular flexibility index (Phi) is 1.07. The first-order valence-electron chi connectivity index (χ1n) is 3.55. The molecule has 8 heavy (non-hydrogen) atoms. The molecular formula is C7H12S. The molecule has 1 heterocycles. The Balaban J connectivity index is 2.01. The Hall–Kier alpha value is 0.350. The summed E-state index contributed by atoms with van der Waals surface area (Å²) in [6.07, 6.45) is 7.59. The first-order valence-corrected chi connectivity index (χ1v) is 4.54. The molecule has 0 amide bonds. The van der Waals surface area contributed by atoms with Crippen molar-refractivity contribution in [3.8, 4) is 0 Å². The Labute approximate surface area is 55.0 Å². The quantitative estimate of drug-likeness (QED) is 0.483. The van der Waals surface area contributed by atoms with Crippen LogP contribution >= 0.6 is 11.8 Å². The molecule has 46 valence electrons. The highest BCUT2D eigenvalue weighted by atomic mass is 32.2. The summed E-state index contributed by atoms with van der Waals surface area (Å²) in [5.41, 5.74) is 0. The fraction of sp³-hybridized carbons (Fsp3) is 1.00. The van der Waals surface area contributed by atoms with Crippen molar-refractivity contribution in [3.63, 3.8) is 0 Å². The minimum Gasteiger partial charge on any atom is -0.155 e. The zero-order chi connectivity index (χ0) is 5.45. The average Bonchev–Trinajstić information content (AvgIpc) is 2.07. The summed E-state index contributed by atoms with van der Waals surface area (Å²) in [7, 11) is 0. The molecule has 1 heteroatoms. The lowest BCUT2D eigenvalue weighted by molar-refractivity contribution is 0.556. The average molecular weight is 128 g/mol. The van der Waals surface area contributed by atoms with Gasteiger partial charge in [0.2, 0.25) is 0 Å². The van der Waals surface area contributed by atoms with Crippen LogP contribution < -0.4 is 0 Å². The van der Waals surface area contributed by atoms with E-state index in [4.69, 9.17) is 0 Å². The predicted octanol–water partition coefficient (Wildman–Crippen LogP) is 2.44. The smallest absolute Gasteiger partial charge is 0.0168 e. The zero-order valence-electron chi connectivity index (χ0n) is 5.15. The highest BCUT2D eigenvalue weighted by Crippen LogP contribution is 2.51. The molecule has 1 saturated carbocycles. The summed E-state index contributed by atoms with van der Waals surface area (Å²) in [4.78, 5) is 0. The summed E-state index contributed by atoms with van der Waals surface area (Å²) < 4.78 is 0.833. The molecule has 0 aromatic heterocycles. The second-order valence-electron chi connectivity index (χ2n) is 2.99. The summed E-state index contributed by atoms with van der Waals surface area (Å²) >= 11 is 2.22. The first kappa shape index (κ1) is 5.16. The maximum absolute atomic E-state index is 2.22. The molecule has 0 bridgehead atoms. The summed E-state index contributed by atoms with van der Waals surface area (Å²) in [5, 5.41) is 0. The molecular weight excluding hydrogens is 116 g/mol. The zero-order valence-corrected chi connectivity index (χ0v) is 5.97. The van der Waals surface area contributed by atoms with Gasteiger partial charge in [0.25, 0.3) is 0 Å². The van der Waals surface area contributed by atoms with E-state index in [9.17, 15) is 0 Å². The largest absolute Gasteiger partial charge is 0.155 e. The van der Waals surface area contributed by atoms with E-state index in [-0.39, 0.29) is 0 Å². The monoisotopic (exact) mass is 128 g/mol. The summed E-state index contributed by atoms with van der Waals surface area (Å²) in [5.74, 6) is 1.44. The van der Waals surface area contributed by atoms with Gasteiger partial charge in [-0.3, -0.25) is 0 Å². The van der Waals surface area contributed by atoms with E-state index in [1.54, 1.807) is 0 Å². The van der Waals surface area contributed by atoms with Gasteiger partial charge in [-0.1, -0.05) is 12.8 Å². The van der Waals surface area contributed by atoms with Crippen LogP contribution in [0.1, 0.15) is 32.1 Å². The van der Waals surface area contributed by atoms with Gasteiger partial charge < -0.3 is 0 Å². The Morgan fingerprint density at radius 2 is 1.62 bits per heavy atom. The van der Waals surface area contributed by atoms with Gasteiger partial charge in [-0.15, -0.1) is 0 Å². The molecule has 1 aliphatic heterocycles. The molecule has 0 N–H and O–H groups in total. The molecule has 2 rings (SSSR count). The lowest BCUT2D eigenvalue weighted by Gasteiger charge is -2.37. The minimum atomic E-state index is 0.833. The van der Waals surface area contributed by atoms with Crippen LogP contribution in [0.4, 0.5) is 0 Å². The normalized spacial score (nSPS) is 33.0. The Morgan fingerprint density at radius 3 is 1.88 bits per heavy atom. The van der Waals surface area contributed by atoms with Gasteiger partial charge in [0.15, 0.2) is 0 Å². The van der Waals surface area contributed by atoms with Gasteiger partial charge in [-0.05, 0) is 25.0 Å². The third kappa shape index (κ3) is 0.604. The second-order valence-corrected chi connectivity index (χ2v) is 4.55. The van der Waals surface area contributed by atoms with E-state index in [0.29, 0.717) is 0 Å². The fourth-order valence-electron chi connectivity index (χ4n) is 1.80. The standard InChI is InChI=1S/C7H12S/c1-2-4-7(3-1)5-6-8-7/h1-6H2. The van der Waals surface area contributed by atoms with Gasteiger partial charge in [-0.25, -0.2) is 0 Å². The van der Waals surface area contributed by atoms with Crippen LogP contribution in [0, 0.1) is 0 Å². The third-order valence-corrected chi connectivity index (χ3v) is 4.11. The number of rotatable bonds is 0. The highest BCUT2D eigenvalue weighted by Gasteiger charge is 2.39. The molecule has 0 radical (unpaired) electrons. The van der Waals surface area contributed by atoms with E-state index < -0.39 is 0 Å².